The fourth-order valence-electron chi connectivity index (χ4n) is 2.73. The fraction of sp³-hybridized carbons (Fsp3) is 1.00. The molecule has 1 aliphatic carbocycles. The molecule has 1 saturated carbocycles. The molecule has 13 heavy (non-hydrogen) atoms. The maximum absolute atomic E-state index is 6.12. The minimum atomic E-state index is 0.135. The highest BCUT2D eigenvalue weighted by Gasteiger charge is 2.31. The molecule has 0 amide bonds. The zero-order chi connectivity index (χ0) is 9.31. The van der Waals surface area contributed by atoms with Gasteiger partial charge in [-0.25, -0.2) is 0 Å². The highest BCUT2D eigenvalue weighted by Crippen LogP contribution is 2.30. The third kappa shape index (κ3) is 2.23. The van der Waals surface area contributed by atoms with Gasteiger partial charge in [-0.15, -0.1) is 0 Å². The zero-order valence-corrected chi connectivity index (χ0v) is 8.76. The van der Waals surface area contributed by atoms with Crippen molar-refractivity contribution in [2.24, 2.45) is 5.73 Å². The lowest BCUT2D eigenvalue weighted by atomic mass is 9.81. The summed E-state index contributed by atoms with van der Waals surface area (Å²) < 4.78 is 0. The molecule has 76 valence electrons. The van der Waals surface area contributed by atoms with Crippen LogP contribution in [0.2, 0.25) is 0 Å². The van der Waals surface area contributed by atoms with Gasteiger partial charge in [0.15, 0.2) is 0 Å². The van der Waals surface area contributed by atoms with E-state index in [1.54, 1.807) is 0 Å². The second-order valence-electron chi connectivity index (χ2n) is 5.13. The van der Waals surface area contributed by atoms with Crippen LogP contribution >= 0.6 is 0 Å². The van der Waals surface area contributed by atoms with Crippen molar-refractivity contribution < 1.29 is 0 Å². The summed E-state index contributed by atoms with van der Waals surface area (Å²) in [6, 6.07) is 0.860. The van der Waals surface area contributed by atoms with Crippen LogP contribution in [0.25, 0.3) is 0 Å². The van der Waals surface area contributed by atoms with Gasteiger partial charge in [0.05, 0.1) is 0 Å². The van der Waals surface area contributed by atoms with Crippen molar-refractivity contribution in [2.75, 3.05) is 13.1 Å². The lowest BCUT2D eigenvalue weighted by molar-refractivity contribution is 0.156. The van der Waals surface area contributed by atoms with Gasteiger partial charge in [0.1, 0.15) is 0 Å². The van der Waals surface area contributed by atoms with Gasteiger partial charge in [-0.3, -0.25) is 0 Å². The Morgan fingerprint density at radius 2 is 1.69 bits per heavy atom. The first kappa shape index (κ1) is 9.47. The van der Waals surface area contributed by atoms with Gasteiger partial charge in [-0.05, 0) is 58.5 Å². The van der Waals surface area contributed by atoms with Crippen LogP contribution in [0.4, 0.5) is 0 Å². The number of hydrogen-bond donors (Lipinski definition) is 1. The van der Waals surface area contributed by atoms with Crippen molar-refractivity contribution in [3.8, 4) is 0 Å². The molecule has 0 atom stereocenters. The highest BCUT2D eigenvalue weighted by atomic mass is 15.2. The van der Waals surface area contributed by atoms with E-state index >= 15 is 0 Å². The molecule has 2 nitrogen and oxygen atoms in total. The van der Waals surface area contributed by atoms with Crippen molar-refractivity contribution >= 4 is 0 Å². The Bertz CT molecular complexity index is 161. The Labute approximate surface area is 81.5 Å². The van der Waals surface area contributed by atoms with Gasteiger partial charge >= 0.3 is 0 Å². The van der Waals surface area contributed by atoms with E-state index < -0.39 is 0 Å². The van der Waals surface area contributed by atoms with E-state index in [0.29, 0.717) is 0 Å². The summed E-state index contributed by atoms with van der Waals surface area (Å²) in [7, 11) is 0. The van der Waals surface area contributed by atoms with Crippen LogP contribution in [0.5, 0.6) is 0 Å². The average Bonchev–Trinajstić information content (AvgIpc) is 2.56. The summed E-state index contributed by atoms with van der Waals surface area (Å²) in [6.45, 7) is 4.88. The summed E-state index contributed by atoms with van der Waals surface area (Å²) >= 11 is 0. The normalized spacial score (nSPS) is 42.5. The molecule has 2 fully saturated rings. The van der Waals surface area contributed by atoms with Crippen LogP contribution in [0, 0.1) is 0 Å². The van der Waals surface area contributed by atoms with Crippen LogP contribution in [0.1, 0.15) is 45.4 Å². The minimum Gasteiger partial charge on any atom is -0.325 e. The molecule has 0 bridgehead atoms. The number of nitrogens with zero attached hydrogens (tertiary/aromatic N) is 1. The zero-order valence-electron chi connectivity index (χ0n) is 8.76. The van der Waals surface area contributed by atoms with Gasteiger partial charge in [-0.2, -0.15) is 0 Å². The van der Waals surface area contributed by atoms with E-state index in [-0.39, 0.29) is 5.54 Å². The smallest absolute Gasteiger partial charge is 0.0127 e. The molecular formula is C11H22N2. The lowest BCUT2D eigenvalue weighted by Crippen LogP contribution is -2.45. The fourth-order valence-corrected chi connectivity index (χ4v) is 2.73. The number of hydrogen-bond acceptors (Lipinski definition) is 2. The van der Waals surface area contributed by atoms with Crippen molar-refractivity contribution in [3.63, 3.8) is 0 Å². The van der Waals surface area contributed by atoms with E-state index in [1.165, 1.54) is 51.6 Å². The predicted molar refractivity (Wildman–Crippen MR) is 55.7 cm³/mol. The molecule has 0 aromatic heterocycles. The molecule has 2 N–H and O–H groups in total. The Balaban J connectivity index is 1.83. The molecule has 0 aromatic rings. The Kier molecular flexibility index (Phi) is 2.61. The van der Waals surface area contributed by atoms with Crippen molar-refractivity contribution in [1.82, 2.24) is 4.90 Å². The summed E-state index contributed by atoms with van der Waals surface area (Å²) in [4.78, 5) is 2.68. The van der Waals surface area contributed by atoms with Crippen molar-refractivity contribution in [2.45, 2.75) is 57.0 Å². The van der Waals surface area contributed by atoms with Crippen molar-refractivity contribution in [1.29, 1.82) is 0 Å². The summed E-state index contributed by atoms with van der Waals surface area (Å²) in [5.74, 6) is 0. The van der Waals surface area contributed by atoms with Crippen LogP contribution in [0.3, 0.4) is 0 Å². The minimum absolute atomic E-state index is 0.135. The first-order valence-corrected chi connectivity index (χ1v) is 5.70. The topological polar surface area (TPSA) is 29.3 Å². The van der Waals surface area contributed by atoms with E-state index in [0.717, 1.165) is 6.04 Å². The van der Waals surface area contributed by atoms with E-state index in [9.17, 15) is 0 Å². The number of nitrogens with two attached hydrogens (primary N) is 1. The standard InChI is InChI=1S/C11H22N2/c1-11(12)6-4-10(5-7-11)13-8-2-3-9-13/h10H,2-9,12H2,1H3. The van der Waals surface area contributed by atoms with E-state index in [4.69, 9.17) is 5.73 Å². The largest absolute Gasteiger partial charge is 0.325 e. The van der Waals surface area contributed by atoms with Gasteiger partial charge < -0.3 is 10.6 Å². The summed E-state index contributed by atoms with van der Waals surface area (Å²) in [5, 5.41) is 0. The first-order valence-electron chi connectivity index (χ1n) is 5.70. The molecule has 1 aliphatic heterocycles. The maximum Gasteiger partial charge on any atom is 0.0127 e. The third-order valence-electron chi connectivity index (χ3n) is 3.75. The third-order valence-corrected chi connectivity index (χ3v) is 3.75. The highest BCUT2D eigenvalue weighted by molar-refractivity contribution is 4.90. The van der Waals surface area contributed by atoms with Gasteiger partial charge in [0.25, 0.3) is 0 Å². The molecular weight excluding hydrogens is 160 g/mol. The molecule has 2 rings (SSSR count). The first-order chi connectivity index (χ1) is 6.17. The van der Waals surface area contributed by atoms with Gasteiger partial charge in [0, 0.05) is 11.6 Å². The number of likely N-dealkylation sites (tertiary alicyclic amines) is 1. The summed E-state index contributed by atoms with van der Waals surface area (Å²) in [6.07, 6.45) is 7.91. The monoisotopic (exact) mass is 182 g/mol. The van der Waals surface area contributed by atoms with Crippen molar-refractivity contribution in [3.05, 3.63) is 0 Å². The molecule has 2 aliphatic rings. The molecule has 0 radical (unpaired) electrons. The second kappa shape index (κ2) is 3.58. The second-order valence-corrected chi connectivity index (χ2v) is 5.13. The Morgan fingerprint density at radius 1 is 1.15 bits per heavy atom. The Morgan fingerprint density at radius 3 is 2.23 bits per heavy atom. The molecule has 1 saturated heterocycles. The van der Waals surface area contributed by atoms with Crippen LogP contribution in [0.15, 0.2) is 0 Å². The quantitative estimate of drug-likeness (QED) is 0.669. The van der Waals surface area contributed by atoms with Crippen LogP contribution in [-0.4, -0.2) is 29.6 Å². The van der Waals surface area contributed by atoms with Gasteiger partial charge in [0.2, 0.25) is 0 Å². The molecule has 1 heterocycles. The van der Waals surface area contributed by atoms with E-state index in [2.05, 4.69) is 11.8 Å². The van der Waals surface area contributed by atoms with E-state index in [1.807, 2.05) is 0 Å². The Hall–Kier alpha value is -0.0800. The molecule has 0 aromatic carbocycles. The average molecular weight is 182 g/mol. The lowest BCUT2D eigenvalue weighted by Gasteiger charge is -2.38. The van der Waals surface area contributed by atoms with Crippen LogP contribution in [-0.2, 0) is 0 Å². The molecule has 2 heteroatoms. The van der Waals surface area contributed by atoms with Gasteiger partial charge in [-0.1, -0.05) is 0 Å². The molecule has 0 unspecified atom stereocenters. The maximum atomic E-state index is 6.12. The molecule has 0 spiro atoms. The number of rotatable bonds is 1. The SMILES string of the molecule is CC1(N)CCC(N2CCCC2)CC1. The summed E-state index contributed by atoms with van der Waals surface area (Å²) in [5.41, 5.74) is 6.26. The van der Waals surface area contributed by atoms with Crippen LogP contribution < -0.4 is 5.73 Å². The predicted octanol–water partition coefficient (Wildman–Crippen LogP) is 1.74.